The number of hydrogen-bond acceptors (Lipinski definition) is 2. The normalized spacial score (nSPS) is 22.3. The smallest absolute Gasteiger partial charge is 0.141 e. The largest absolute Gasteiger partial charge is 0.496 e. The second-order valence-electron chi connectivity index (χ2n) is 6.53. The van der Waals surface area contributed by atoms with E-state index in [9.17, 15) is 4.39 Å². The lowest BCUT2D eigenvalue weighted by Gasteiger charge is -2.35. The van der Waals surface area contributed by atoms with Gasteiger partial charge in [0.05, 0.1) is 11.6 Å². The van der Waals surface area contributed by atoms with Gasteiger partial charge < -0.3 is 10.1 Å². The quantitative estimate of drug-likeness (QED) is 0.793. The van der Waals surface area contributed by atoms with Crippen LogP contribution in [0.15, 0.2) is 16.6 Å². The van der Waals surface area contributed by atoms with E-state index in [4.69, 9.17) is 4.74 Å². The van der Waals surface area contributed by atoms with Crippen molar-refractivity contribution in [2.24, 2.45) is 11.3 Å². The van der Waals surface area contributed by atoms with Crippen molar-refractivity contribution in [1.82, 2.24) is 5.32 Å². The third kappa shape index (κ3) is 3.42. The van der Waals surface area contributed by atoms with Crippen LogP contribution >= 0.6 is 15.9 Å². The molecule has 2 rings (SSSR count). The highest BCUT2D eigenvalue weighted by Gasteiger charge is 2.40. The molecule has 2 nitrogen and oxygen atoms in total. The average Bonchev–Trinajstić information content (AvgIpc) is 2.78. The SMILES string of the molecule is CCNC(c1cc(Br)c(F)cc1OC)C1CCCC1(C)C. The molecule has 1 aliphatic rings. The number of methoxy groups -OCH3 is 1. The standard InChI is InChI=1S/C17H25BrFNO/c1-5-20-16(12-7-6-8-17(12,2)3)11-9-13(18)14(19)10-15(11)21-4/h9-10,12,16,20H,5-8H2,1-4H3. The summed E-state index contributed by atoms with van der Waals surface area (Å²) in [4.78, 5) is 0. The van der Waals surface area contributed by atoms with Crippen LogP contribution in [0.1, 0.15) is 51.6 Å². The molecular weight excluding hydrogens is 333 g/mol. The second kappa shape index (κ2) is 6.66. The topological polar surface area (TPSA) is 21.3 Å². The minimum absolute atomic E-state index is 0.194. The molecule has 0 aliphatic heterocycles. The molecular formula is C17H25BrFNO. The maximum absolute atomic E-state index is 13.8. The van der Waals surface area contributed by atoms with E-state index < -0.39 is 0 Å². The molecule has 0 heterocycles. The van der Waals surface area contributed by atoms with E-state index in [-0.39, 0.29) is 11.9 Å². The van der Waals surface area contributed by atoms with Crippen LogP contribution in [-0.2, 0) is 0 Å². The maximum atomic E-state index is 13.8. The van der Waals surface area contributed by atoms with Gasteiger partial charge in [0.2, 0.25) is 0 Å². The fourth-order valence-corrected chi connectivity index (χ4v) is 3.99. The molecule has 1 saturated carbocycles. The van der Waals surface area contributed by atoms with E-state index in [1.54, 1.807) is 7.11 Å². The van der Waals surface area contributed by atoms with Crippen LogP contribution in [0.4, 0.5) is 4.39 Å². The first-order valence-electron chi connectivity index (χ1n) is 7.67. The van der Waals surface area contributed by atoms with E-state index in [1.165, 1.54) is 25.3 Å². The molecule has 0 amide bonds. The summed E-state index contributed by atoms with van der Waals surface area (Å²) in [5, 5.41) is 3.59. The molecule has 1 aromatic carbocycles. The van der Waals surface area contributed by atoms with Gasteiger partial charge in [-0.1, -0.05) is 27.2 Å². The van der Waals surface area contributed by atoms with Crippen LogP contribution in [0.5, 0.6) is 5.75 Å². The van der Waals surface area contributed by atoms with E-state index in [2.05, 4.69) is 42.0 Å². The summed E-state index contributed by atoms with van der Waals surface area (Å²) in [6.45, 7) is 7.66. The van der Waals surface area contributed by atoms with Gasteiger partial charge in [-0.2, -0.15) is 0 Å². The minimum atomic E-state index is -0.281. The number of halogens is 2. The number of hydrogen-bond donors (Lipinski definition) is 1. The Balaban J connectivity index is 2.45. The maximum Gasteiger partial charge on any atom is 0.141 e. The molecule has 0 spiro atoms. The lowest BCUT2D eigenvalue weighted by atomic mass is 9.75. The first kappa shape index (κ1) is 16.8. The summed E-state index contributed by atoms with van der Waals surface area (Å²) in [6, 6.07) is 3.54. The Labute approximate surface area is 135 Å². The molecule has 2 unspecified atom stereocenters. The average molecular weight is 358 g/mol. The fraction of sp³-hybridized carbons (Fsp3) is 0.647. The van der Waals surface area contributed by atoms with Crippen molar-refractivity contribution in [3.8, 4) is 5.75 Å². The molecule has 0 aromatic heterocycles. The Kier molecular flexibility index (Phi) is 5.31. The molecule has 118 valence electrons. The molecule has 0 saturated heterocycles. The molecule has 1 fully saturated rings. The summed E-state index contributed by atoms with van der Waals surface area (Å²) in [5.41, 5.74) is 1.34. The molecule has 2 atom stereocenters. The Bertz CT molecular complexity index is 504. The minimum Gasteiger partial charge on any atom is -0.496 e. The number of nitrogens with one attached hydrogen (secondary N) is 1. The van der Waals surface area contributed by atoms with Gasteiger partial charge in [0, 0.05) is 17.7 Å². The summed E-state index contributed by atoms with van der Waals surface area (Å²) in [7, 11) is 1.61. The van der Waals surface area contributed by atoms with Crippen LogP contribution in [0.2, 0.25) is 0 Å². The number of benzene rings is 1. The van der Waals surface area contributed by atoms with Gasteiger partial charge in [-0.3, -0.25) is 0 Å². The zero-order valence-electron chi connectivity index (χ0n) is 13.3. The summed E-state index contributed by atoms with van der Waals surface area (Å²) < 4.78 is 19.7. The first-order chi connectivity index (χ1) is 9.90. The third-order valence-corrected chi connectivity index (χ3v) is 5.38. The van der Waals surface area contributed by atoms with Crippen LogP contribution < -0.4 is 10.1 Å². The number of ether oxygens (including phenoxy) is 1. The summed E-state index contributed by atoms with van der Waals surface area (Å²) in [6.07, 6.45) is 3.69. The molecule has 0 radical (unpaired) electrons. The van der Waals surface area contributed by atoms with E-state index in [0.29, 0.717) is 21.6 Å². The van der Waals surface area contributed by atoms with Gasteiger partial charge in [0.25, 0.3) is 0 Å². The fourth-order valence-electron chi connectivity index (χ4n) is 3.62. The van der Waals surface area contributed by atoms with Crippen molar-refractivity contribution in [1.29, 1.82) is 0 Å². The van der Waals surface area contributed by atoms with E-state index in [0.717, 1.165) is 12.1 Å². The Morgan fingerprint density at radius 1 is 1.48 bits per heavy atom. The highest BCUT2D eigenvalue weighted by molar-refractivity contribution is 9.10. The zero-order valence-corrected chi connectivity index (χ0v) is 14.9. The third-order valence-electron chi connectivity index (χ3n) is 4.77. The molecule has 1 N–H and O–H groups in total. The molecule has 21 heavy (non-hydrogen) atoms. The Hall–Kier alpha value is -0.610. The van der Waals surface area contributed by atoms with Gasteiger partial charge >= 0.3 is 0 Å². The molecule has 1 aliphatic carbocycles. The lowest BCUT2D eigenvalue weighted by Crippen LogP contribution is -2.34. The zero-order chi connectivity index (χ0) is 15.6. The second-order valence-corrected chi connectivity index (χ2v) is 7.39. The highest BCUT2D eigenvalue weighted by Crippen LogP contribution is 2.50. The van der Waals surface area contributed by atoms with Crippen LogP contribution in [-0.4, -0.2) is 13.7 Å². The van der Waals surface area contributed by atoms with Gasteiger partial charge in [-0.15, -0.1) is 0 Å². The van der Waals surface area contributed by atoms with Gasteiger partial charge in [-0.25, -0.2) is 4.39 Å². The molecule has 4 heteroatoms. The highest BCUT2D eigenvalue weighted by atomic mass is 79.9. The number of rotatable bonds is 5. The van der Waals surface area contributed by atoms with E-state index in [1.807, 2.05) is 6.07 Å². The van der Waals surface area contributed by atoms with Crippen molar-refractivity contribution in [3.63, 3.8) is 0 Å². The first-order valence-corrected chi connectivity index (χ1v) is 8.46. The summed E-state index contributed by atoms with van der Waals surface area (Å²) in [5.74, 6) is 0.879. The van der Waals surface area contributed by atoms with Crippen LogP contribution in [0.25, 0.3) is 0 Å². The lowest BCUT2D eigenvalue weighted by molar-refractivity contribution is 0.196. The van der Waals surface area contributed by atoms with Crippen LogP contribution in [0, 0.1) is 17.2 Å². The predicted octanol–water partition coefficient (Wildman–Crippen LogP) is 5.07. The Morgan fingerprint density at radius 3 is 2.71 bits per heavy atom. The van der Waals surface area contributed by atoms with Crippen molar-refractivity contribution in [2.75, 3.05) is 13.7 Å². The van der Waals surface area contributed by atoms with Crippen molar-refractivity contribution < 1.29 is 9.13 Å². The van der Waals surface area contributed by atoms with Crippen molar-refractivity contribution in [2.45, 2.75) is 46.1 Å². The van der Waals surface area contributed by atoms with Gasteiger partial charge in [-0.05, 0) is 52.7 Å². The van der Waals surface area contributed by atoms with Crippen LogP contribution in [0.3, 0.4) is 0 Å². The molecule has 1 aromatic rings. The van der Waals surface area contributed by atoms with E-state index >= 15 is 0 Å². The van der Waals surface area contributed by atoms with Crippen molar-refractivity contribution in [3.05, 3.63) is 28.0 Å². The predicted molar refractivity (Wildman–Crippen MR) is 88.2 cm³/mol. The van der Waals surface area contributed by atoms with Gasteiger partial charge in [0.1, 0.15) is 11.6 Å². The Morgan fingerprint density at radius 2 is 2.19 bits per heavy atom. The monoisotopic (exact) mass is 357 g/mol. The van der Waals surface area contributed by atoms with Crippen molar-refractivity contribution >= 4 is 15.9 Å². The van der Waals surface area contributed by atoms with Gasteiger partial charge in [0.15, 0.2) is 0 Å². The molecule has 0 bridgehead atoms. The summed E-state index contributed by atoms with van der Waals surface area (Å²) >= 11 is 3.31.